The number of aliphatic imine (C=N–C) groups is 1. The molecule has 2 fully saturated rings. The van der Waals surface area contributed by atoms with Crippen LogP contribution in [0.2, 0.25) is 0 Å². The van der Waals surface area contributed by atoms with Crippen LogP contribution < -0.4 is 10.6 Å². The summed E-state index contributed by atoms with van der Waals surface area (Å²) in [5.74, 6) is 0.666. The zero-order chi connectivity index (χ0) is 16.9. The molecule has 4 nitrogen and oxygen atoms in total. The van der Waals surface area contributed by atoms with E-state index in [1.54, 1.807) is 7.05 Å². The molecule has 0 atom stereocenters. The molecule has 25 heavy (non-hydrogen) atoms. The molecule has 0 aromatic heterocycles. The number of benzene rings is 1. The molecule has 7 heteroatoms. The topological polar surface area (TPSA) is 39.7 Å². The maximum absolute atomic E-state index is 13.6. The summed E-state index contributed by atoms with van der Waals surface area (Å²) in [6.45, 7) is 3.22. The van der Waals surface area contributed by atoms with E-state index in [-0.39, 0.29) is 30.5 Å². The Kier molecular flexibility index (Phi) is 7.86. The number of nitrogens with zero attached hydrogens (tertiary/aromatic N) is 2. The van der Waals surface area contributed by atoms with Crippen molar-refractivity contribution in [3.63, 3.8) is 0 Å². The number of halogens is 3. The normalized spacial score (nSPS) is 17.4. The van der Waals surface area contributed by atoms with Gasteiger partial charge in [-0.2, -0.15) is 0 Å². The van der Waals surface area contributed by atoms with Gasteiger partial charge in [0, 0.05) is 44.8 Å². The number of hydrogen-bond donors (Lipinski definition) is 2. The van der Waals surface area contributed by atoms with Gasteiger partial charge in [-0.15, -0.1) is 24.0 Å². The van der Waals surface area contributed by atoms with Gasteiger partial charge >= 0.3 is 0 Å². The van der Waals surface area contributed by atoms with Crippen LogP contribution in [0.1, 0.15) is 31.2 Å². The molecule has 2 N–H and O–H groups in total. The first-order valence-corrected chi connectivity index (χ1v) is 8.78. The zero-order valence-corrected chi connectivity index (χ0v) is 16.9. The molecule has 1 aromatic rings. The first-order chi connectivity index (χ1) is 11.7. The monoisotopic (exact) mass is 464 g/mol. The van der Waals surface area contributed by atoms with Gasteiger partial charge in [0.15, 0.2) is 5.96 Å². The smallest absolute Gasteiger partial charge is 0.191 e. The third kappa shape index (κ3) is 6.69. The molecule has 140 valence electrons. The van der Waals surface area contributed by atoms with E-state index < -0.39 is 11.6 Å². The lowest BCUT2D eigenvalue weighted by Crippen LogP contribution is -2.42. The predicted octanol–water partition coefficient (Wildman–Crippen LogP) is 3.12. The highest BCUT2D eigenvalue weighted by Crippen LogP contribution is 2.34. The molecule has 1 aromatic carbocycles. The molecule has 0 radical (unpaired) electrons. The lowest BCUT2D eigenvalue weighted by molar-refractivity contribution is 0.256. The van der Waals surface area contributed by atoms with Crippen molar-refractivity contribution in [2.24, 2.45) is 10.9 Å². The summed E-state index contributed by atoms with van der Waals surface area (Å²) in [4.78, 5) is 6.72. The molecule has 0 heterocycles. The minimum atomic E-state index is -0.434. The molecular weight excluding hydrogens is 437 g/mol. The zero-order valence-electron chi connectivity index (χ0n) is 14.6. The first kappa shape index (κ1) is 20.4. The van der Waals surface area contributed by atoms with Crippen molar-refractivity contribution in [3.8, 4) is 0 Å². The molecule has 3 rings (SSSR count). The number of guanidine groups is 1. The highest BCUT2D eigenvalue weighted by atomic mass is 127. The van der Waals surface area contributed by atoms with Gasteiger partial charge in [0.25, 0.3) is 0 Å². The van der Waals surface area contributed by atoms with E-state index in [1.807, 2.05) is 0 Å². The van der Waals surface area contributed by atoms with Crippen molar-refractivity contribution in [2.45, 2.75) is 38.3 Å². The van der Waals surface area contributed by atoms with Crippen LogP contribution in [0.5, 0.6) is 0 Å². The van der Waals surface area contributed by atoms with E-state index >= 15 is 0 Å². The molecule has 0 unspecified atom stereocenters. The molecule has 0 bridgehead atoms. The van der Waals surface area contributed by atoms with Crippen LogP contribution in [0.25, 0.3) is 0 Å². The highest BCUT2D eigenvalue weighted by Gasteiger charge is 2.33. The third-order valence-corrected chi connectivity index (χ3v) is 4.62. The van der Waals surface area contributed by atoms with Crippen molar-refractivity contribution < 1.29 is 8.78 Å². The van der Waals surface area contributed by atoms with Crippen LogP contribution in [0.3, 0.4) is 0 Å². The van der Waals surface area contributed by atoms with Gasteiger partial charge in [-0.05, 0) is 49.8 Å². The lowest BCUT2D eigenvalue weighted by Gasteiger charge is -2.22. The number of rotatable bonds is 8. The summed E-state index contributed by atoms with van der Waals surface area (Å²) in [5, 5.41) is 6.30. The molecule has 2 saturated carbocycles. The summed E-state index contributed by atoms with van der Waals surface area (Å²) in [6.07, 6.45) is 5.38. The van der Waals surface area contributed by atoms with Crippen LogP contribution >= 0.6 is 24.0 Å². The Balaban J connectivity index is 0.00000225. The summed E-state index contributed by atoms with van der Waals surface area (Å²) < 4.78 is 26.8. The van der Waals surface area contributed by atoms with Gasteiger partial charge in [-0.1, -0.05) is 0 Å². The molecule has 0 saturated heterocycles. The molecule has 0 aliphatic heterocycles. The third-order valence-electron chi connectivity index (χ3n) is 4.62. The highest BCUT2D eigenvalue weighted by molar-refractivity contribution is 14.0. The number of hydrogen-bond acceptors (Lipinski definition) is 2. The van der Waals surface area contributed by atoms with Crippen molar-refractivity contribution >= 4 is 29.9 Å². The van der Waals surface area contributed by atoms with Gasteiger partial charge in [-0.3, -0.25) is 9.89 Å². The maximum Gasteiger partial charge on any atom is 0.191 e. The van der Waals surface area contributed by atoms with Gasteiger partial charge in [0.1, 0.15) is 11.6 Å². The fourth-order valence-electron chi connectivity index (χ4n) is 2.89. The Morgan fingerprint density at radius 2 is 1.96 bits per heavy atom. The average molecular weight is 464 g/mol. The van der Waals surface area contributed by atoms with E-state index in [0.717, 1.165) is 37.2 Å². The van der Waals surface area contributed by atoms with Crippen molar-refractivity contribution in [2.75, 3.05) is 26.7 Å². The quantitative estimate of drug-likeness (QED) is 0.353. The van der Waals surface area contributed by atoms with E-state index in [2.05, 4.69) is 20.5 Å². The Morgan fingerprint density at radius 3 is 2.60 bits per heavy atom. The fraction of sp³-hybridized carbons (Fsp3) is 0.611. The Bertz CT molecular complexity index is 588. The Labute approximate surface area is 165 Å². The SMILES string of the molecule is CN=C(NCCN(CC1CC1)C1CC1)NCc1cc(F)ccc1F.I. The fourth-order valence-corrected chi connectivity index (χ4v) is 2.89. The largest absolute Gasteiger partial charge is 0.355 e. The lowest BCUT2D eigenvalue weighted by atomic mass is 10.2. The summed E-state index contributed by atoms with van der Waals surface area (Å²) in [6, 6.07) is 4.25. The molecule has 0 amide bonds. The Hall–Kier alpha value is -0.960. The van der Waals surface area contributed by atoms with Crippen LogP contribution in [-0.4, -0.2) is 43.6 Å². The Morgan fingerprint density at radius 1 is 1.20 bits per heavy atom. The van der Waals surface area contributed by atoms with Crippen LogP contribution in [0, 0.1) is 17.6 Å². The van der Waals surface area contributed by atoms with Gasteiger partial charge in [0.05, 0.1) is 0 Å². The predicted molar refractivity (Wildman–Crippen MR) is 107 cm³/mol. The van der Waals surface area contributed by atoms with E-state index in [1.165, 1.54) is 38.3 Å². The van der Waals surface area contributed by atoms with E-state index in [9.17, 15) is 8.78 Å². The van der Waals surface area contributed by atoms with Crippen molar-refractivity contribution in [3.05, 3.63) is 35.4 Å². The van der Waals surface area contributed by atoms with Crippen LogP contribution in [0.4, 0.5) is 8.78 Å². The summed E-state index contributed by atoms with van der Waals surface area (Å²) in [7, 11) is 1.68. The second kappa shape index (κ2) is 9.66. The minimum Gasteiger partial charge on any atom is -0.355 e. The van der Waals surface area contributed by atoms with Crippen LogP contribution in [0.15, 0.2) is 23.2 Å². The molecule has 2 aliphatic rings. The molecule has 0 spiro atoms. The number of nitrogens with one attached hydrogen (secondary N) is 2. The maximum atomic E-state index is 13.6. The molecular formula is C18H27F2IN4. The standard InChI is InChI=1S/C18H26F2N4.HI/c1-21-18(23-11-14-10-15(19)4-7-17(14)20)22-8-9-24(16-5-6-16)12-13-2-3-13;/h4,7,10,13,16H,2-3,5-6,8-9,11-12H2,1H3,(H2,21,22,23);1H. The summed E-state index contributed by atoms with van der Waals surface area (Å²) in [5.41, 5.74) is 0.297. The second-order valence-electron chi connectivity index (χ2n) is 6.76. The van der Waals surface area contributed by atoms with E-state index in [0.29, 0.717) is 11.5 Å². The van der Waals surface area contributed by atoms with Crippen LogP contribution in [-0.2, 0) is 6.54 Å². The van der Waals surface area contributed by atoms with E-state index in [4.69, 9.17) is 0 Å². The first-order valence-electron chi connectivity index (χ1n) is 8.78. The second-order valence-corrected chi connectivity index (χ2v) is 6.76. The van der Waals surface area contributed by atoms with Gasteiger partial charge in [-0.25, -0.2) is 8.78 Å². The van der Waals surface area contributed by atoms with Crippen molar-refractivity contribution in [1.82, 2.24) is 15.5 Å². The average Bonchev–Trinajstić information content (AvgIpc) is 3.46. The minimum absolute atomic E-state index is 0. The van der Waals surface area contributed by atoms with Crippen molar-refractivity contribution in [1.29, 1.82) is 0 Å². The summed E-state index contributed by atoms with van der Waals surface area (Å²) >= 11 is 0. The molecule has 2 aliphatic carbocycles. The van der Waals surface area contributed by atoms with Gasteiger partial charge in [0.2, 0.25) is 0 Å². The van der Waals surface area contributed by atoms with Gasteiger partial charge < -0.3 is 10.6 Å².